The molecule has 1 aliphatic carbocycles. The number of allylic oxidation sites excluding steroid dienone is 2. The number of aldehydes is 1. The van der Waals surface area contributed by atoms with E-state index in [1.54, 1.807) is 0 Å². The van der Waals surface area contributed by atoms with Gasteiger partial charge in [-0.15, -0.1) is 0 Å². The van der Waals surface area contributed by atoms with E-state index in [1.807, 2.05) is 30.3 Å². The molecule has 1 unspecified atom stereocenters. The van der Waals surface area contributed by atoms with Crippen LogP contribution in [0.2, 0.25) is 0 Å². The predicted molar refractivity (Wildman–Crippen MR) is 81.5 cm³/mol. The number of hydrogen-bond acceptors (Lipinski definition) is 3. The number of carbonyl (C=O) groups excluding carboxylic acids is 2. The van der Waals surface area contributed by atoms with Crippen molar-refractivity contribution in [2.75, 3.05) is 0 Å². The summed E-state index contributed by atoms with van der Waals surface area (Å²) < 4.78 is 5.36. The van der Waals surface area contributed by atoms with Crippen LogP contribution in [0, 0.1) is 11.8 Å². The maximum Gasteiger partial charge on any atom is 0.309 e. The second-order valence-electron chi connectivity index (χ2n) is 5.55. The molecule has 1 aromatic carbocycles. The molecule has 0 amide bonds. The van der Waals surface area contributed by atoms with Crippen LogP contribution in [0.4, 0.5) is 0 Å². The molecule has 0 aliphatic heterocycles. The maximum absolute atomic E-state index is 12.2. The highest BCUT2D eigenvalue weighted by Crippen LogP contribution is 2.26. The molecule has 3 nitrogen and oxygen atoms in total. The van der Waals surface area contributed by atoms with Crippen LogP contribution in [0.15, 0.2) is 42.5 Å². The van der Waals surface area contributed by atoms with Crippen molar-refractivity contribution >= 4 is 12.3 Å². The molecule has 0 fully saturated rings. The highest BCUT2D eigenvalue weighted by Gasteiger charge is 2.23. The van der Waals surface area contributed by atoms with Crippen molar-refractivity contribution in [2.24, 2.45) is 11.8 Å². The van der Waals surface area contributed by atoms with E-state index < -0.39 is 0 Å². The number of esters is 1. The van der Waals surface area contributed by atoms with Gasteiger partial charge in [-0.05, 0) is 37.2 Å². The van der Waals surface area contributed by atoms with Gasteiger partial charge in [0.2, 0.25) is 0 Å². The van der Waals surface area contributed by atoms with Gasteiger partial charge in [0.25, 0.3) is 0 Å². The van der Waals surface area contributed by atoms with Crippen LogP contribution in [0.25, 0.3) is 0 Å². The van der Waals surface area contributed by atoms with Gasteiger partial charge in [-0.3, -0.25) is 4.79 Å². The maximum atomic E-state index is 12.2. The van der Waals surface area contributed by atoms with Crippen molar-refractivity contribution < 1.29 is 14.3 Å². The lowest BCUT2D eigenvalue weighted by Crippen LogP contribution is -2.21. The van der Waals surface area contributed by atoms with Gasteiger partial charge in [-0.25, -0.2) is 0 Å². The fraction of sp³-hybridized carbons (Fsp3) is 0.444. The molecule has 0 saturated carbocycles. The third-order valence-corrected chi connectivity index (χ3v) is 3.88. The summed E-state index contributed by atoms with van der Waals surface area (Å²) in [6.07, 6.45) is 9.49. The first-order chi connectivity index (χ1) is 10.3. The molecule has 2 atom stereocenters. The van der Waals surface area contributed by atoms with E-state index in [9.17, 15) is 9.59 Å². The summed E-state index contributed by atoms with van der Waals surface area (Å²) in [6, 6.07) is 9.60. The Balaban J connectivity index is 1.87. The summed E-state index contributed by atoms with van der Waals surface area (Å²) in [5.74, 6) is -0.183. The van der Waals surface area contributed by atoms with Crippen LogP contribution in [0.3, 0.4) is 0 Å². The highest BCUT2D eigenvalue weighted by atomic mass is 16.5. The van der Waals surface area contributed by atoms with Crippen LogP contribution in [-0.2, 0) is 20.9 Å². The Kier molecular flexibility index (Phi) is 6.20. The Morgan fingerprint density at radius 3 is 2.81 bits per heavy atom. The van der Waals surface area contributed by atoms with E-state index in [2.05, 4.69) is 12.2 Å². The molecule has 2 rings (SSSR count). The lowest BCUT2D eigenvalue weighted by atomic mass is 9.86. The second kappa shape index (κ2) is 8.40. The van der Waals surface area contributed by atoms with Crippen molar-refractivity contribution in [1.29, 1.82) is 0 Å². The first-order valence-electron chi connectivity index (χ1n) is 7.60. The summed E-state index contributed by atoms with van der Waals surface area (Å²) in [5, 5.41) is 0. The van der Waals surface area contributed by atoms with Crippen molar-refractivity contribution in [3.8, 4) is 0 Å². The Morgan fingerprint density at radius 1 is 1.33 bits per heavy atom. The van der Waals surface area contributed by atoms with Gasteiger partial charge < -0.3 is 9.53 Å². The molecule has 1 aliphatic rings. The quantitative estimate of drug-likeness (QED) is 0.436. The molecule has 0 heterocycles. The van der Waals surface area contributed by atoms with Crippen LogP contribution in [0.5, 0.6) is 0 Å². The predicted octanol–water partition coefficient (Wildman–Crippen LogP) is 3.68. The summed E-state index contributed by atoms with van der Waals surface area (Å²) >= 11 is 0. The number of rotatable bonds is 7. The first kappa shape index (κ1) is 15.5. The van der Waals surface area contributed by atoms with Crippen molar-refractivity contribution in [2.45, 2.75) is 38.7 Å². The molecule has 0 radical (unpaired) electrons. The topological polar surface area (TPSA) is 43.4 Å². The monoisotopic (exact) mass is 286 g/mol. The molecule has 0 saturated heterocycles. The highest BCUT2D eigenvalue weighted by molar-refractivity contribution is 5.75. The standard InChI is InChI=1S/C18H22O3/c19-12-11-17(13-15-7-3-1-4-8-15)18(20)21-14-16-9-5-2-6-10-16/h2-3,5-7,9-10,12,15,17H,1,4,8,11,13-14H2/t15?,17-/m1/s1. The Morgan fingerprint density at radius 2 is 2.14 bits per heavy atom. The molecule has 0 spiro atoms. The van der Waals surface area contributed by atoms with Crippen LogP contribution in [0.1, 0.15) is 37.7 Å². The Bertz CT molecular complexity index is 478. The van der Waals surface area contributed by atoms with E-state index in [1.165, 1.54) is 0 Å². The summed E-state index contributed by atoms with van der Waals surface area (Å²) in [5.41, 5.74) is 0.966. The van der Waals surface area contributed by atoms with E-state index in [4.69, 9.17) is 4.74 Å². The van der Waals surface area contributed by atoms with Crippen molar-refractivity contribution in [3.63, 3.8) is 0 Å². The third-order valence-electron chi connectivity index (χ3n) is 3.88. The SMILES string of the molecule is O=CC[C@H](CC1C=CCCC1)C(=O)OCc1ccccc1. The molecular formula is C18H22O3. The average molecular weight is 286 g/mol. The molecule has 3 heteroatoms. The minimum Gasteiger partial charge on any atom is -0.461 e. The smallest absolute Gasteiger partial charge is 0.309 e. The van der Waals surface area contributed by atoms with E-state index in [0.29, 0.717) is 12.3 Å². The van der Waals surface area contributed by atoms with Gasteiger partial charge in [-0.1, -0.05) is 42.5 Å². The van der Waals surface area contributed by atoms with Gasteiger partial charge in [0.05, 0.1) is 5.92 Å². The van der Waals surface area contributed by atoms with Gasteiger partial charge in [0.1, 0.15) is 12.9 Å². The normalized spacial score (nSPS) is 19.0. The zero-order chi connectivity index (χ0) is 14.9. The molecule has 112 valence electrons. The fourth-order valence-electron chi connectivity index (χ4n) is 2.70. The zero-order valence-electron chi connectivity index (χ0n) is 12.2. The molecule has 1 aromatic rings. The number of benzene rings is 1. The molecule has 21 heavy (non-hydrogen) atoms. The first-order valence-corrected chi connectivity index (χ1v) is 7.60. The van der Waals surface area contributed by atoms with E-state index in [0.717, 1.165) is 31.1 Å². The average Bonchev–Trinajstić information content (AvgIpc) is 2.54. The molecular weight excluding hydrogens is 264 g/mol. The number of ether oxygens (including phenoxy) is 1. The summed E-state index contributed by atoms with van der Waals surface area (Å²) in [7, 11) is 0. The Hall–Kier alpha value is -1.90. The second-order valence-corrected chi connectivity index (χ2v) is 5.55. The van der Waals surface area contributed by atoms with Crippen molar-refractivity contribution in [1.82, 2.24) is 0 Å². The van der Waals surface area contributed by atoms with Gasteiger partial charge in [0, 0.05) is 6.42 Å². The summed E-state index contributed by atoms with van der Waals surface area (Å²) in [4.78, 5) is 23.0. The van der Waals surface area contributed by atoms with Crippen LogP contribution >= 0.6 is 0 Å². The minimum atomic E-state index is -0.320. The fourth-order valence-corrected chi connectivity index (χ4v) is 2.70. The lowest BCUT2D eigenvalue weighted by molar-refractivity contribution is -0.151. The molecule has 0 aromatic heterocycles. The van der Waals surface area contributed by atoms with E-state index in [-0.39, 0.29) is 24.9 Å². The van der Waals surface area contributed by atoms with Crippen molar-refractivity contribution in [3.05, 3.63) is 48.0 Å². The molecule has 0 bridgehead atoms. The number of hydrogen-bond donors (Lipinski definition) is 0. The molecule has 0 N–H and O–H groups in total. The van der Waals surface area contributed by atoms with Crippen LogP contribution in [-0.4, -0.2) is 12.3 Å². The third kappa shape index (κ3) is 5.18. The van der Waals surface area contributed by atoms with Gasteiger partial charge in [0.15, 0.2) is 0 Å². The Labute approximate surface area is 126 Å². The largest absolute Gasteiger partial charge is 0.461 e. The van der Waals surface area contributed by atoms with E-state index >= 15 is 0 Å². The van der Waals surface area contributed by atoms with Gasteiger partial charge in [-0.2, -0.15) is 0 Å². The minimum absolute atomic E-state index is 0.248. The lowest BCUT2D eigenvalue weighted by Gasteiger charge is -2.21. The zero-order valence-corrected chi connectivity index (χ0v) is 12.2. The van der Waals surface area contributed by atoms with Gasteiger partial charge >= 0.3 is 5.97 Å². The van der Waals surface area contributed by atoms with Crippen LogP contribution < -0.4 is 0 Å². The number of carbonyl (C=O) groups is 2. The summed E-state index contributed by atoms with van der Waals surface area (Å²) in [6.45, 7) is 0.273.